The lowest BCUT2D eigenvalue weighted by molar-refractivity contribution is -0.907. The summed E-state index contributed by atoms with van der Waals surface area (Å²) in [6, 6.07) is 0. The molecule has 0 amide bonds. The minimum Gasteiger partial charge on any atom is -0.477 e. The zero-order valence-electron chi connectivity index (χ0n) is 22.9. The number of aliphatic carboxylic acids is 3. The molecule has 0 unspecified atom stereocenters. The minimum absolute atomic E-state index is 0.264. The van der Waals surface area contributed by atoms with E-state index in [2.05, 4.69) is 19.1 Å². The standard InChI is InChI=1S/C29H53NO6/c1-2-3-4-5-6-7-8-9-10-11-12-13-14-15-16-17-18-19-20-21-22-23-30(24-27(31)32,25-28(33)34)26-29(35)36/h7-8H,2-6,9-26H2,1H3,(H2-,31,32,33,34,35,36)/p+1/b8-7+. The summed E-state index contributed by atoms with van der Waals surface area (Å²) >= 11 is 0. The van der Waals surface area contributed by atoms with Crippen molar-refractivity contribution < 1.29 is 34.2 Å². The molecule has 210 valence electrons. The summed E-state index contributed by atoms with van der Waals surface area (Å²) < 4.78 is -0.435. The highest BCUT2D eigenvalue weighted by molar-refractivity contribution is 5.73. The van der Waals surface area contributed by atoms with Crippen molar-refractivity contribution in [1.29, 1.82) is 0 Å². The van der Waals surface area contributed by atoms with Gasteiger partial charge in [0.2, 0.25) is 0 Å². The molecule has 0 saturated carbocycles. The van der Waals surface area contributed by atoms with Gasteiger partial charge in [0.1, 0.15) is 0 Å². The molecule has 0 bridgehead atoms. The van der Waals surface area contributed by atoms with E-state index in [1.165, 1.54) is 96.3 Å². The molecule has 0 aliphatic carbocycles. The highest BCUT2D eigenvalue weighted by Gasteiger charge is 2.35. The molecule has 0 aromatic heterocycles. The van der Waals surface area contributed by atoms with Gasteiger partial charge in [-0.05, 0) is 38.5 Å². The van der Waals surface area contributed by atoms with Crippen LogP contribution in [0.4, 0.5) is 0 Å². The number of quaternary nitrogens is 1. The van der Waals surface area contributed by atoms with E-state index in [0.29, 0.717) is 6.42 Å². The molecule has 36 heavy (non-hydrogen) atoms. The summed E-state index contributed by atoms with van der Waals surface area (Å²) in [6.45, 7) is 1.08. The van der Waals surface area contributed by atoms with E-state index in [9.17, 15) is 14.4 Å². The number of nitrogens with zero attached hydrogens (tertiary/aromatic N) is 1. The molecule has 0 aromatic rings. The summed E-state index contributed by atoms with van der Waals surface area (Å²) in [7, 11) is 0. The Labute approximate surface area is 219 Å². The second-order valence-electron chi connectivity index (χ2n) is 10.4. The first-order valence-corrected chi connectivity index (χ1v) is 14.5. The van der Waals surface area contributed by atoms with Crippen molar-refractivity contribution in [1.82, 2.24) is 0 Å². The Kier molecular flexibility index (Phi) is 22.3. The molecule has 7 nitrogen and oxygen atoms in total. The number of carbonyl (C=O) groups is 3. The molecule has 0 atom stereocenters. The predicted molar refractivity (Wildman–Crippen MR) is 145 cm³/mol. The van der Waals surface area contributed by atoms with Gasteiger partial charge in [-0.3, -0.25) is 4.48 Å². The smallest absolute Gasteiger partial charge is 0.359 e. The second-order valence-corrected chi connectivity index (χ2v) is 10.4. The summed E-state index contributed by atoms with van der Waals surface area (Å²) in [5, 5.41) is 27.4. The third-order valence-corrected chi connectivity index (χ3v) is 6.81. The zero-order valence-corrected chi connectivity index (χ0v) is 22.9. The second kappa shape index (κ2) is 23.5. The van der Waals surface area contributed by atoms with Crippen molar-refractivity contribution in [2.24, 2.45) is 0 Å². The van der Waals surface area contributed by atoms with E-state index >= 15 is 0 Å². The van der Waals surface area contributed by atoms with Crippen LogP contribution in [-0.4, -0.2) is 63.9 Å². The Bertz CT molecular complexity index is 564. The van der Waals surface area contributed by atoms with Crippen molar-refractivity contribution >= 4 is 17.9 Å². The van der Waals surface area contributed by atoms with E-state index in [-0.39, 0.29) is 6.54 Å². The van der Waals surface area contributed by atoms with E-state index in [4.69, 9.17) is 15.3 Å². The van der Waals surface area contributed by atoms with Gasteiger partial charge in [0.25, 0.3) is 0 Å². The number of allylic oxidation sites excluding steroid dienone is 2. The Morgan fingerprint density at radius 1 is 0.500 bits per heavy atom. The Morgan fingerprint density at radius 2 is 0.806 bits per heavy atom. The molecule has 0 saturated heterocycles. The SMILES string of the molecule is CCCCCC/C=C/CCCCCCCCCCCCCCC[N+](CC(=O)O)(CC(=O)O)CC(=O)O. The Balaban J connectivity index is 3.67. The van der Waals surface area contributed by atoms with Crippen LogP contribution in [0.15, 0.2) is 12.2 Å². The molecule has 0 radical (unpaired) electrons. The first kappa shape index (κ1) is 34.1. The average Bonchev–Trinajstić information content (AvgIpc) is 2.78. The van der Waals surface area contributed by atoms with E-state index in [0.717, 1.165) is 19.3 Å². The minimum atomic E-state index is -1.17. The number of carboxylic acids is 3. The number of hydrogen-bond acceptors (Lipinski definition) is 3. The lowest BCUT2D eigenvalue weighted by Gasteiger charge is -2.34. The van der Waals surface area contributed by atoms with Crippen LogP contribution in [0.5, 0.6) is 0 Å². The summed E-state index contributed by atoms with van der Waals surface area (Å²) in [5.74, 6) is -3.51. The molecule has 0 spiro atoms. The van der Waals surface area contributed by atoms with E-state index < -0.39 is 42.0 Å². The largest absolute Gasteiger partial charge is 0.477 e. The summed E-state index contributed by atoms with van der Waals surface area (Å²) in [4.78, 5) is 33.6. The number of carboxylic acid groups (broad SMARTS) is 3. The summed E-state index contributed by atoms with van der Waals surface area (Å²) in [6.07, 6.45) is 27.9. The highest BCUT2D eigenvalue weighted by atomic mass is 16.4. The lowest BCUT2D eigenvalue weighted by Crippen LogP contribution is -2.57. The van der Waals surface area contributed by atoms with E-state index in [1.54, 1.807) is 0 Å². The number of unbranched alkanes of at least 4 members (excludes halogenated alkanes) is 17. The van der Waals surface area contributed by atoms with Crippen LogP contribution in [0.3, 0.4) is 0 Å². The Hall–Kier alpha value is -1.89. The zero-order chi connectivity index (χ0) is 26.9. The molecule has 3 N–H and O–H groups in total. The fourth-order valence-corrected chi connectivity index (χ4v) is 4.84. The van der Waals surface area contributed by atoms with Crippen LogP contribution in [0.1, 0.15) is 129 Å². The first-order valence-electron chi connectivity index (χ1n) is 14.5. The van der Waals surface area contributed by atoms with E-state index in [1.807, 2.05) is 0 Å². The molecular formula is C29H54NO6+. The maximum Gasteiger partial charge on any atom is 0.359 e. The Morgan fingerprint density at radius 3 is 1.14 bits per heavy atom. The van der Waals surface area contributed by atoms with Crippen molar-refractivity contribution in [3.05, 3.63) is 12.2 Å². The third-order valence-electron chi connectivity index (χ3n) is 6.81. The first-order chi connectivity index (χ1) is 17.3. The fraction of sp³-hybridized carbons (Fsp3) is 0.828. The lowest BCUT2D eigenvalue weighted by atomic mass is 10.0. The van der Waals surface area contributed by atoms with Crippen LogP contribution >= 0.6 is 0 Å². The highest BCUT2D eigenvalue weighted by Crippen LogP contribution is 2.15. The van der Waals surface area contributed by atoms with Gasteiger partial charge in [0.15, 0.2) is 19.6 Å². The van der Waals surface area contributed by atoms with Crippen molar-refractivity contribution in [2.45, 2.75) is 129 Å². The van der Waals surface area contributed by atoms with Crippen LogP contribution < -0.4 is 0 Å². The van der Waals surface area contributed by atoms with Gasteiger partial charge < -0.3 is 15.3 Å². The van der Waals surface area contributed by atoms with Gasteiger partial charge >= 0.3 is 17.9 Å². The molecule has 0 aliphatic heterocycles. The molecular weight excluding hydrogens is 458 g/mol. The third kappa shape index (κ3) is 22.6. The summed E-state index contributed by atoms with van der Waals surface area (Å²) in [5.41, 5.74) is 0. The van der Waals surface area contributed by atoms with Gasteiger partial charge in [0, 0.05) is 0 Å². The normalized spacial score (nSPS) is 11.8. The van der Waals surface area contributed by atoms with Gasteiger partial charge in [-0.1, -0.05) is 103 Å². The topological polar surface area (TPSA) is 112 Å². The van der Waals surface area contributed by atoms with Crippen LogP contribution in [0.2, 0.25) is 0 Å². The molecule has 7 heteroatoms. The maximum atomic E-state index is 11.2. The van der Waals surface area contributed by atoms with Crippen molar-refractivity contribution in [2.75, 3.05) is 26.2 Å². The molecule has 0 aromatic carbocycles. The molecule has 0 rings (SSSR count). The van der Waals surface area contributed by atoms with Gasteiger partial charge in [0.05, 0.1) is 6.54 Å². The molecule has 0 heterocycles. The molecule has 0 fully saturated rings. The average molecular weight is 513 g/mol. The van der Waals surface area contributed by atoms with Gasteiger partial charge in [-0.15, -0.1) is 0 Å². The maximum absolute atomic E-state index is 11.2. The van der Waals surface area contributed by atoms with Crippen molar-refractivity contribution in [3.63, 3.8) is 0 Å². The van der Waals surface area contributed by atoms with Crippen molar-refractivity contribution in [3.8, 4) is 0 Å². The molecule has 0 aliphatic rings. The predicted octanol–water partition coefficient (Wildman–Crippen LogP) is 7.05. The van der Waals surface area contributed by atoms with Crippen LogP contribution in [0, 0.1) is 0 Å². The fourth-order valence-electron chi connectivity index (χ4n) is 4.84. The number of rotatable bonds is 27. The van der Waals surface area contributed by atoms with Gasteiger partial charge in [-0.2, -0.15) is 0 Å². The van der Waals surface area contributed by atoms with Gasteiger partial charge in [-0.25, -0.2) is 14.4 Å². The van der Waals surface area contributed by atoms with Crippen LogP contribution in [-0.2, 0) is 14.4 Å². The van der Waals surface area contributed by atoms with Crippen LogP contribution in [0.25, 0.3) is 0 Å². The quantitative estimate of drug-likeness (QED) is 0.0618. The monoisotopic (exact) mass is 512 g/mol. The number of hydrogen-bond donors (Lipinski definition) is 3.